The number of hydrogen-bond acceptors (Lipinski definition) is 4. The Morgan fingerprint density at radius 1 is 1.20 bits per heavy atom. The number of carbonyl (C=O) groups is 1. The van der Waals surface area contributed by atoms with Gasteiger partial charge < -0.3 is 10.1 Å². The van der Waals surface area contributed by atoms with E-state index >= 15 is 0 Å². The van der Waals surface area contributed by atoms with Gasteiger partial charge >= 0.3 is 6.18 Å². The first kappa shape index (κ1) is 21.8. The van der Waals surface area contributed by atoms with E-state index in [0.717, 1.165) is 29.9 Å². The summed E-state index contributed by atoms with van der Waals surface area (Å²) in [5.41, 5.74) is -0.178. The van der Waals surface area contributed by atoms with Crippen molar-refractivity contribution in [1.29, 1.82) is 0 Å². The second-order valence-electron chi connectivity index (χ2n) is 6.41. The molecule has 0 aliphatic heterocycles. The molecule has 0 aliphatic rings. The molecule has 1 amide bonds. The number of amides is 1. The van der Waals surface area contributed by atoms with Gasteiger partial charge in [-0.25, -0.2) is 9.37 Å². The highest BCUT2D eigenvalue weighted by Crippen LogP contribution is 2.30. The number of benzene rings is 2. The van der Waals surface area contributed by atoms with E-state index in [1.54, 1.807) is 6.07 Å². The van der Waals surface area contributed by atoms with Crippen LogP contribution in [0.4, 0.5) is 17.6 Å². The van der Waals surface area contributed by atoms with Crippen molar-refractivity contribution in [3.63, 3.8) is 0 Å². The van der Waals surface area contributed by atoms with Crippen LogP contribution in [-0.4, -0.2) is 17.5 Å². The van der Waals surface area contributed by atoms with Gasteiger partial charge in [-0.2, -0.15) is 13.2 Å². The summed E-state index contributed by atoms with van der Waals surface area (Å²) in [6, 6.07) is 9.13. The van der Waals surface area contributed by atoms with Crippen molar-refractivity contribution in [3.05, 3.63) is 70.5 Å². The predicted molar refractivity (Wildman–Crippen MR) is 106 cm³/mol. The van der Waals surface area contributed by atoms with Gasteiger partial charge in [0, 0.05) is 23.6 Å². The van der Waals surface area contributed by atoms with Gasteiger partial charge in [0.1, 0.15) is 22.3 Å². The van der Waals surface area contributed by atoms with Crippen LogP contribution in [0.2, 0.25) is 0 Å². The zero-order valence-electron chi connectivity index (χ0n) is 15.9. The number of aromatic nitrogens is 1. The van der Waals surface area contributed by atoms with Crippen LogP contribution in [0.25, 0.3) is 10.6 Å². The maximum absolute atomic E-state index is 14.4. The van der Waals surface area contributed by atoms with E-state index in [4.69, 9.17) is 4.74 Å². The minimum atomic E-state index is -4.45. The standard InChI is InChI=1S/C21H18F4N2O2S/c1-2-8-29-15-6-7-16(17(22)10-15)20-27-18(12-30-20)19(28)26-11-13-4-3-5-14(9-13)21(23,24)25/h3-7,9-10,12H,2,8,11H2,1H3,(H,26,28). The molecule has 3 aromatic rings. The van der Waals surface area contributed by atoms with Crippen LogP contribution in [0.1, 0.15) is 35.0 Å². The molecule has 0 bridgehead atoms. The fraction of sp³-hybridized carbons (Fsp3) is 0.238. The second-order valence-corrected chi connectivity index (χ2v) is 7.27. The molecule has 0 aliphatic carbocycles. The van der Waals surface area contributed by atoms with Crippen molar-refractivity contribution in [2.45, 2.75) is 26.1 Å². The first-order valence-electron chi connectivity index (χ1n) is 9.10. The van der Waals surface area contributed by atoms with E-state index in [2.05, 4.69) is 10.3 Å². The first-order chi connectivity index (χ1) is 14.3. The van der Waals surface area contributed by atoms with Crippen LogP contribution in [0, 0.1) is 5.82 Å². The average Bonchev–Trinajstić information content (AvgIpc) is 3.20. The molecule has 3 rings (SSSR count). The van der Waals surface area contributed by atoms with Crippen molar-refractivity contribution >= 4 is 17.2 Å². The molecular formula is C21H18F4N2O2S. The van der Waals surface area contributed by atoms with Gasteiger partial charge in [0.15, 0.2) is 0 Å². The summed E-state index contributed by atoms with van der Waals surface area (Å²) >= 11 is 1.09. The summed E-state index contributed by atoms with van der Waals surface area (Å²) in [6.45, 7) is 2.33. The average molecular weight is 438 g/mol. The van der Waals surface area contributed by atoms with Crippen LogP contribution in [0.5, 0.6) is 5.75 Å². The van der Waals surface area contributed by atoms with Gasteiger partial charge in [-0.15, -0.1) is 11.3 Å². The number of halogens is 4. The maximum Gasteiger partial charge on any atom is 0.416 e. The third kappa shape index (κ3) is 5.35. The zero-order valence-corrected chi connectivity index (χ0v) is 16.7. The van der Waals surface area contributed by atoms with Gasteiger partial charge in [-0.1, -0.05) is 19.1 Å². The quantitative estimate of drug-likeness (QED) is 0.483. The summed E-state index contributed by atoms with van der Waals surface area (Å²) in [6.07, 6.45) is -3.65. The normalized spacial score (nSPS) is 11.4. The number of thiazole rings is 1. The molecule has 0 atom stereocenters. The number of nitrogens with zero attached hydrogens (tertiary/aromatic N) is 1. The summed E-state index contributed by atoms with van der Waals surface area (Å²) in [4.78, 5) is 16.4. The van der Waals surface area contributed by atoms with Crippen molar-refractivity contribution in [1.82, 2.24) is 10.3 Å². The Hall–Kier alpha value is -2.94. The highest BCUT2D eigenvalue weighted by atomic mass is 32.1. The molecule has 1 N–H and O–H groups in total. The predicted octanol–water partition coefficient (Wildman–Crippen LogP) is 5.69. The van der Waals surface area contributed by atoms with Gasteiger partial charge in [0.05, 0.1) is 12.2 Å². The third-order valence-electron chi connectivity index (χ3n) is 4.09. The lowest BCUT2D eigenvalue weighted by Gasteiger charge is -2.09. The number of ether oxygens (including phenoxy) is 1. The third-order valence-corrected chi connectivity index (χ3v) is 4.96. The Bertz CT molecular complexity index is 1030. The van der Waals surface area contributed by atoms with Crippen molar-refractivity contribution in [3.8, 4) is 16.3 Å². The molecule has 1 aromatic heterocycles. The fourth-order valence-electron chi connectivity index (χ4n) is 2.61. The van der Waals surface area contributed by atoms with Crippen LogP contribution in [-0.2, 0) is 12.7 Å². The summed E-state index contributed by atoms with van der Waals surface area (Å²) in [5, 5.41) is 4.32. The van der Waals surface area contributed by atoms with Crippen molar-refractivity contribution in [2.24, 2.45) is 0 Å². The molecule has 0 saturated carbocycles. The molecule has 30 heavy (non-hydrogen) atoms. The lowest BCUT2D eigenvalue weighted by atomic mass is 10.1. The fourth-order valence-corrected chi connectivity index (χ4v) is 3.44. The Labute approximate surface area is 174 Å². The molecule has 0 saturated heterocycles. The Kier molecular flexibility index (Phi) is 6.71. The van der Waals surface area contributed by atoms with Gasteiger partial charge in [-0.3, -0.25) is 4.79 Å². The van der Waals surface area contributed by atoms with E-state index < -0.39 is 23.5 Å². The van der Waals surface area contributed by atoms with Crippen molar-refractivity contribution < 1.29 is 27.1 Å². The summed E-state index contributed by atoms with van der Waals surface area (Å²) in [5.74, 6) is -0.666. The maximum atomic E-state index is 14.4. The molecule has 0 spiro atoms. The molecule has 4 nitrogen and oxygen atoms in total. The lowest BCUT2D eigenvalue weighted by Crippen LogP contribution is -2.23. The summed E-state index contributed by atoms with van der Waals surface area (Å²) in [7, 11) is 0. The van der Waals surface area contributed by atoms with Crippen LogP contribution < -0.4 is 10.1 Å². The Morgan fingerprint density at radius 3 is 2.70 bits per heavy atom. The zero-order chi connectivity index (χ0) is 21.7. The molecule has 0 unspecified atom stereocenters. The number of carbonyl (C=O) groups excluding carboxylic acids is 1. The highest BCUT2D eigenvalue weighted by molar-refractivity contribution is 7.13. The summed E-state index contributed by atoms with van der Waals surface area (Å²) < 4.78 is 58.1. The highest BCUT2D eigenvalue weighted by Gasteiger charge is 2.30. The molecule has 2 aromatic carbocycles. The monoisotopic (exact) mass is 438 g/mol. The SMILES string of the molecule is CCCOc1ccc(-c2nc(C(=O)NCc3cccc(C(F)(F)F)c3)cs2)c(F)c1. The Morgan fingerprint density at radius 2 is 2.00 bits per heavy atom. The number of nitrogens with one attached hydrogen (secondary N) is 1. The molecule has 158 valence electrons. The molecule has 1 heterocycles. The molecule has 0 radical (unpaired) electrons. The smallest absolute Gasteiger partial charge is 0.416 e. The minimum Gasteiger partial charge on any atom is -0.494 e. The van der Waals surface area contributed by atoms with E-state index in [1.165, 1.54) is 29.6 Å². The van der Waals surface area contributed by atoms with Crippen molar-refractivity contribution in [2.75, 3.05) is 6.61 Å². The minimum absolute atomic E-state index is 0.0627. The number of alkyl halides is 3. The van der Waals surface area contributed by atoms with Crippen LogP contribution >= 0.6 is 11.3 Å². The van der Waals surface area contributed by atoms with Gasteiger partial charge in [-0.05, 0) is 36.2 Å². The van der Waals surface area contributed by atoms with E-state index in [-0.39, 0.29) is 17.8 Å². The first-order valence-corrected chi connectivity index (χ1v) is 9.98. The van der Waals surface area contributed by atoms with E-state index in [9.17, 15) is 22.4 Å². The molecule has 0 fully saturated rings. The van der Waals surface area contributed by atoms with E-state index in [1.807, 2.05) is 6.92 Å². The van der Waals surface area contributed by atoms with Gasteiger partial charge in [0.25, 0.3) is 5.91 Å². The lowest BCUT2D eigenvalue weighted by molar-refractivity contribution is -0.137. The van der Waals surface area contributed by atoms with Crippen LogP contribution in [0.3, 0.4) is 0 Å². The van der Waals surface area contributed by atoms with Gasteiger partial charge in [0.2, 0.25) is 0 Å². The number of rotatable bonds is 7. The molecule has 9 heteroatoms. The second kappa shape index (κ2) is 9.25. The largest absolute Gasteiger partial charge is 0.494 e. The number of hydrogen-bond donors (Lipinski definition) is 1. The Balaban J connectivity index is 1.67. The van der Waals surface area contributed by atoms with Crippen LogP contribution in [0.15, 0.2) is 47.8 Å². The topological polar surface area (TPSA) is 51.2 Å². The molecular weight excluding hydrogens is 420 g/mol. The van der Waals surface area contributed by atoms with E-state index in [0.29, 0.717) is 22.9 Å².